The van der Waals surface area contributed by atoms with E-state index in [-0.39, 0.29) is 0 Å². The Balaban J connectivity index is 2.03. The zero-order valence-corrected chi connectivity index (χ0v) is 13.1. The molecular formula is C16H14N4O2S. The molecule has 0 saturated heterocycles. The highest BCUT2D eigenvalue weighted by atomic mass is 32.1. The van der Waals surface area contributed by atoms with E-state index < -0.39 is 6.03 Å². The van der Waals surface area contributed by atoms with Crippen LogP contribution in [-0.2, 0) is 0 Å². The summed E-state index contributed by atoms with van der Waals surface area (Å²) < 4.78 is 1.83. The number of nitrogens with one attached hydrogen (secondary N) is 1. The Bertz CT molecular complexity index is 868. The highest BCUT2D eigenvalue weighted by Gasteiger charge is 2.16. The van der Waals surface area contributed by atoms with Crippen molar-refractivity contribution in [1.82, 2.24) is 9.78 Å². The van der Waals surface area contributed by atoms with E-state index in [9.17, 15) is 9.59 Å². The Kier molecular flexibility index (Phi) is 3.94. The number of aldehydes is 1. The summed E-state index contributed by atoms with van der Waals surface area (Å²) in [5.74, 6) is 0. The number of hydrogen-bond acceptors (Lipinski definition) is 4. The van der Waals surface area contributed by atoms with Gasteiger partial charge in [-0.3, -0.25) is 4.79 Å². The minimum absolute atomic E-state index is 0.416. The number of rotatable bonds is 4. The minimum atomic E-state index is -0.700. The van der Waals surface area contributed by atoms with Gasteiger partial charge in [-0.05, 0) is 25.1 Å². The number of amides is 2. The van der Waals surface area contributed by atoms with Crippen LogP contribution in [0.15, 0.2) is 42.6 Å². The van der Waals surface area contributed by atoms with Crippen LogP contribution >= 0.6 is 11.3 Å². The Morgan fingerprint density at radius 1 is 1.35 bits per heavy atom. The molecule has 6 nitrogen and oxygen atoms in total. The Hall–Kier alpha value is -2.93. The largest absolute Gasteiger partial charge is 0.351 e. The first-order valence-electron chi connectivity index (χ1n) is 6.86. The van der Waals surface area contributed by atoms with E-state index in [4.69, 9.17) is 5.73 Å². The highest BCUT2D eigenvalue weighted by Crippen LogP contribution is 2.35. The summed E-state index contributed by atoms with van der Waals surface area (Å²) in [6.45, 7) is 1.96. The van der Waals surface area contributed by atoms with Crippen LogP contribution in [0.25, 0.3) is 16.1 Å². The molecule has 3 rings (SSSR count). The maximum atomic E-state index is 11.2. The number of anilines is 1. The van der Waals surface area contributed by atoms with Crippen LogP contribution in [0.3, 0.4) is 0 Å². The fourth-order valence-electron chi connectivity index (χ4n) is 2.34. The van der Waals surface area contributed by atoms with E-state index >= 15 is 0 Å². The molecule has 2 amide bonds. The van der Waals surface area contributed by atoms with Crippen molar-refractivity contribution >= 4 is 29.3 Å². The third-order valence-electron chi connectivity index (χ3n) is 3.40. The first-order valence-corrected chi connectivity index (χ1v) is 7.67. The van der Waals surface area contributed by atoms with Gasteiger partial charge < -0.3 is 11.1 Å². The van der Waals surface area contributed by atoms with Gasteiger partial charge in [-0.15, -0.1) is 11.3 Å². The number of primary amides is 1. The minimum Gasteiger partial charge on any atom is -0.351 e. The van der Waals surface area contributed by atoms with Gasteiger partial charge in [0, 0.05) is 16.1 Å². The Morgan fingerprint density at radius 2 is 2.09 bits per heavy atom. The molecule has 0 atom stereocenters. The topological polar surface area (TPSA) is 90.0 Å². The number of carbonyl (C=O) groups is 2. The molecule has 0 radical (unpaired) electrons. The first kappa shape index (κ1) is 15.0. The van der Waals surface area contributed by atoms with Crippen LogP contribution in [0.2, 0.25) is 0 Å². The molecule has 2 aromatic heterocycles. The van der Waals surface area contributed by atoms with Crippen molar-refractivity contribution < 1.29 is 9.59 Å². The van der Waals surface area contributed by atoms with Gasteiger partial charge in [-0.1, -0.05) is 18.2 Å². The van der Waals surface area contributed by atoms with E-state index in [0.29, 0.717) is 16.9 Å². The highest BCUT2D eigenvalue weighted by molar-refractivity contribution is 7.17. The number of nitrogens with zero attached hydrogens (tertiary/aromatic N) is 2. The monoisotopic (exact) mass is 326 g/mol. The van der Waals surface area contributed by atoms with Crippen molar-refractivity contribution in [2.45, 2.75) is 6.92 Å². The van der Waals surface area contributed by atoms with Gasteiger partial charge in [-0.2, -0.15) is 5.10 Å². The number of urea groups is 1. The van der Waals surface area contributed by atoms with Gasteiger partial charge in [0.05, 0.1) is 22.4 Å². The zero-order chi connectivity index (χ0) is 16.4. The molecule has 1 aromatic carbocycles. The summed E-state index contributed by atoms with van der Waals surface area (Å²) in [5, 5.41) is 6.87. The lowest BCUT2D eigenvalue weighted by Gasteiger charge is -2.04. The van der Waals surface area contributed by atoms with Crippen molar-refractivity contribution in [1.29, 1.82) is 0 Å². The maximum Gasteiger partial charge on any atom is 0.316 e. The van der Waals surface area contributed by atoms with E-state index in [1.54, 1.807) is 12.3 Å². The summed E-state index contributed by atoms with van der Waals surface area (Å²) in [7, 11) is 0. The average Bonchev–Trinajstić information content (AvgIpc) is 3.11. The maximum absolute atomic E-state index is 11.2. The predicted octanol–water partition coefficient (Wildman–Crippen LogP) is 3.21. The predicted molar refractivity (Wildman–Crippen MR) is 90.2 cm³/mol. The molecule has 2 heterocycles. The van der Waals surface area contributed by atoms with E-state index in [1.807, 2.05) is 41.9 Å². The second kappa shape index (κ2) is 6.05. The molecule has 0 aliphatic carbocycles. The van der Waals surface area contributed by atoms with E-state index in [0.717, 1.165) is 21.8 Å². The van der Waals surface area contributed by atoms with Crippen molar-refractivity contribution in [2.24, 2.45) is 5.73 Å². The fraction of sp³-hybridized carbons (Fsp3) is 0.0625. The number of carbonyl (C=O) groups excluding carboxylic acids is 2. The standard InChI is InChI=1S/C16H14N4O2S/c1-10-12(8-18-20(10)11-5-3-2-4-6-11)14-7-13(19-16(17)22)15(9-21)23-14/h2-9H,1H3,(H3,17,19,22). The smallest absolute Gasteiger partial charge is 0.316 e. The summed E-state index contributed by atoms with van der Waals surface area (Å²) >= 11 is 1.29. The van der Waals surface area contributed by atoms with Crippen LogP contribution in [0.4, 0.5) is 10.5 Å². The third kappa shape index (κ3) is 2.86. The molecule has 0 aliphatic rings. The lowest BCUT2D eigenvalue weighted by atomic mass is 10.2. The Morgan fingerprint density at radius 3 is 2.74 bits per heavy atom. The van der Waals surface area contributed by atoms with Crippen LogP contribution < -0.4 is 11.1 Å². The molecule has 7 heteroatoms. The van der Waals surface area contributed by atoms with Crippen molar-refractivity contribution in [3.63, 3.8) is 0 Å². The summed E-state index contributed by atoms with van der Waals surface area (Å²) in [6.07, 6.45) is 2.45. The third-order valence-corrected chi connectivity index (χ3v) is 4.50. The SMILES string of the molecule is Cc1c(-c2cc(NC(N)=O)c(C=O)s2)cnn1-c1ccccc1. The molecule has 0 fully saturated rings. The first-order chi connectivity index (χ1) is 11.1. The summed E-state index contributed by atoms with van der Waals surface area (Å²) in [5.41, 5.74) is 8.35. The van der Waals surface area contributed by atoms with Crippen LogP contribution in [0.5, 0.6) is 0 Å². The average molecular weight is 326 g/mol. The van der Waals surface area contributed by atoms with Crippen LogP contribution in [0, 0.1) is 6.92 Å². The molecule has 0 unspecified atom stereocenters. The van der Waals surface area contributed by atoms with Gasteiger partial charge >= 0.3 is 6.03 Å². The van der Waals surface area contributed by atoms with E-state index in [2.05, 4.69) is 10.4 Å². The zero-order valence-electron chi connectivity index (χ0n) is 12.3. The fourth-order valence-corrected chi connectivity index (χ4v) is 3.33. The quantitative estimate of drug-likeness (QED) is 0.721. The van der Waals surface area contributed by atoms with Crippen molar-refractivity contribution in [3.8, 4) is 16.1 Å². The second-order valence-electron chi connectivity index (χ2n) is 4.89. The normalized spacial score (nSPS) is 10.5. The van der Waals surface area contributed by atoms with Crippen molar-refractivity contribution in [3.05, 3.63) is 53.2 Å². The lowest BCUT2D eigenvalue weighted by molar-refractivity contribution is 0.112. The summed E-state index contributed by atoms with van der Waals surface area (Å²) in [6, 6.07) is 10.8. The molecule has 3 aromatic rings. The lowest BCUT2D eigenvalue weighted by Crippen LogP contribution is -2.19. The molecule has 0 saturated carbocycles. The number of thiophene rings is 1. The molecule has 23 heavy (non-hydrogen) atoms. The molecule has 0 aliphatic heterocycles. The number of para-hydroxylation sites is 1. The van der Waals surface area contributed by atoms with Gasteiger partial charge in [0.25, 0.3) is 0 Å². The van der Waals surface area contributed by atoms with Gasteiger partial charge in [0.2, 0.25) is 0 Å². The number of aromatic nitrogens is 2. The molecule has 0 spiro atoms. The van der Waals surface area contributed by atoms with Gasteiger partial charge in [0.15, 0.2) is 6.29 Å². The Labute approximate surface area is 136 Å². The molecular weight excluding hydrogens is 312 g/mol. The molecule has 3 N–H and O–H groups in total. The van der Waals surface area contributed by atoms with E-state index in [1.165, 1.54) is 11.3 Å². The number of benzene rings is 1. The second-order valence-corrected chi connectivity index (χ2v) is 5.97. The van der Waals surface area contributed by atoms with Crippen LogP contribution in [0.1, 0.15) is 15.4 Å². The summed E-state index contributed by atoms with van der Waals surface area (Å²) in [4.78, 5) is 23.4. The number of nitrogens with two attached hydrogens (primary N) is 1. The van der Waals surface area contributed by atoms with Crippen LogP contribution in [-0.4, -0.2) is 22.1 Å². The van der Waals surface area contributed by atoms with Gasteiger partial charge in [0.1, 0.15) is 0 Å². The van der Waals surface area contributed by atoms with Crippen molar-refractivity contribution in [2.75, 3.05) is 5.32 Å². The number of hydrogen-bond donors (Lipinski definition) is 2. The molecule has 0 bridgehead atoms. The van der Waals surface area contributed by atoms with Gasteiger partial charge in [-0.25, -0.2) is 9.48 Å². The molecule has 116 valence electrons.